The lowest BCUT2D eigenvalue weighted by molar-refractivity contribution is 0.483. The van der Waals surface area contributed by atoms with Crippen molar-refractivity contribution in [3.8, 4) is 0 Å². The maximum Gasteiger partial charge on any atom is 0.130 e. The number of hydrogen-bond donors (Lipinski definition) is 1. The van der Waals surface area contributed by atoms with E-state index in [2.05, 4.69) is 15.6 Å². The van der Waals surface area contributed by atoms with Gasteiger partial charge in [0.15, 0.2) is 0 Å². The van der Waals surface area contributed by atoms with Crippen LogP contribution in [0.1, 0.15) is 24.9 Å². The van der Waals surface area contributed by atoms with E-state index in [4.69, 9.17) is 0 Å². The largest absolute Gasteiger partial charge is 0.310 e. The summed E-state index contributed by atoms with van der Waals surface area (Å²) in [6.45, 7) is 3.33. The Bertz CT molecular complexity index is 513. The Morgan fingerprint density at radius 1 is 1.37 bits per heavy atom. The average Bonchev–Trinajstić information content (AvgIpc) is 2.87. The van der Waals surface area contributed by atoms with E-state index in [1.54, 1.807) is 17.1 Å². The van der Waals surface area contributed by atoms with Crippen molar-refractivity contribution in [3.63, 3.8) is 0 Å². The van der Waals surface area contributed by atoms with E-state index < -0.39 is 11.6 Å². The fraction of sp³-hybridized carbons (Fsp3) is 0.385. The molecule has 1 atom stereocenters. The van der Waals surface area contributed by atoms with Gasteiger partial charge in [-0.3, -0.25) is 4.68 Å². The second-order valence-electron chi connectivity index (χ2n) is 4.36. The molecule has 0 saturated carbocycles. The average molecular weight is 266 g/mol. The standard InChI is InChI=1S/C13H16F2N4/c1-10(12-4-3-11(14)9-13(12)15)16-5-2-7-19-8-6-17-18-19/h3-4,6,8-10,16H,2,5,7H2,1H3. The number of nitrogens with one attached hydrogen (secondary N) is 1. The number of rotatable bonds is 6. The van der Waals surface area contributed by atoms with Gasteiger partial charge in [0.1, 0.15) is 11.6 Å². The first-order chi connectivity index (χ1) is 9.16. The number of benzene rings is 1. The Kier molecular flexibility index (Phi) is 4.57. The molecule has 2 aromatic rings. The van der Waals surface area contributed by atoms with E-state index >= 15 is 0 Å². The molecular formula is C13H16F2N4. The van der Waals surface area contributed by atoms with Crippen LogP contribution in [0.25, 0.3) is 0 Å². The van der Waals surface area contributed by atoms with Crippen molar-refractivity contribution in [1.29, 1.82) is 0 Å². The van der Waals surface area contributed by atoms with E-state index in [0.29, 0.717) is 5.56 Å². The third-order valence-electron chi connectivity index (χ3n) is 2.92. The zero-order valence-corrected chi connectivity index (χ0v) is 10.7. The van der Waals surface area contributed by atoms with E-state index in [0.717, 1.165) is 25.6 Å². The first kappa shape index (κ1) is 13.6. The number of halogens is 2. The van der Waals surface area contributed by atoms with Crippen molar-refractivity contribution in [1.82, 2.24) is 20.3 Å². The van der Waals surface area contributed by atoms with Gasteiger partial charge in [-0.05, 0) is 26.0 Å². The molecule has 0 saturated heterocycles. The van der Waals surface area contributed by atoms with E-state index in [-0.39, 0.29) is 6.04 Å². The molecule has 19 heavy (non-hydrogen) atoms. The van der Waals surface area contributed by atoms with Crippen LogP contribution in [-0.2, 0) is 6.54 Å². The van der Waals surface area contributed by atoms with E-state index in [1.165, 1.54) is 12.1 Å². The van der Waals surface area contributed by atoms with Crippen molar-refractivity contribution in [2.24, 2.45) is 0 Å². The molecule has 102 valence electrons. The monoisotopic (exact) mass is 266 g/mol. The maximum absolute atomic E-state index is 13.5. The molecule has 0 spiro atoms. The van der Waals surface area contributed by atoms with Crippen LogP contribution in [0, 0.1) is 11.6 Å². The maximum atomic E-state index is 13.5. The second kappa shape index (κ2) is 6.38. The molecule has 1 aromatic carbocycles. The molecule has 0 fully saturated rings. The number of aromatic nitrogens is 3. The van der Waals surface area contributed by atoms with Crippen LogP contribution < -0.4 is 5.32 Å². The summed E-state index contributed by atoms with van der Waals surface area (Å²) in [7, 11) is 0. The van der Waals surface area contributed by atoms with Crippen molar-refractivity contribution >= 4 is 0 Å². The highest BCUT2D eigenvalue weighted by atomic mass is 19.1. The zero-order valence-electron chi connectivity index (χ0n) is 10.7. The SMILES string of the molecule is CC(NCCCn1ccnn1)c1ccc(F)cc1F. The molecule has 0 aliphatic heterocycles. The molecule has 1 heterocycles. The van der Waals surface area contributed by atoms with Crippen LogP contribution in [0.4, 0.5) is 8.78 Å². The fourth-order valence-electron chi connectivity index (χ4n) is 1.87. The van der Waals surface area contributed by atoms with Crippen LogP contribution in [0.3, 0.4) is 0 Å². The van der Waals surface area contributed by atoms with Gasteiger partial charge in [-0.15, -0.1) is 5.10 Å². The Morgan fingerprint density at radius 3 is 2.89 bits per heavy atom. The van der Waals surface area contributed by atoms with Crippen LogP contribution in [0.15, 0.2) is 30.6 Å². The van der Waals surface area contributed by atoms with Gasteiger partial charge in [0.05, 0.1) is 6.20 Å². The smallest absolute Gasteiger partial charge is 0.130 e. The molecule has 1 aromatic heterocycles. The lowest BCUT2D eigenvalue weighted by Gasteiger charge is -2.15. The van der Waals surface area contributed by atoms with E-state index in [1.807, 2.05) is 6.92 Å². The second-order valence-corrected chi connectivity index (χ2v) is 4.36. The summed E-state index contributed by atoms with van der Waals surface area (Å²) >= 11 is 0. The van der Waals surface area contributed by atoms with Gasteiger partial charge in [-0.2, -0.15) is 0 Å². The highest BCUT2D eigenvalue weighted by Crippen LogP contribution is 2.17. The minimum Gasteiger partial charge on any atom is -0.310 e. The molecule has 0 aliphatic rings. The molecule has 1 unspecified atom stereocenters. The van der Waals surface area contributed by atoms with Gasteiger partial charge >= 0.3 is 0 Å². The molecule has 2 rings (SSSR count). The summed E-state index contributed by atoms with van der Waals surface area (Å²) in [5.74, 6) is -1.07. The molecule has 6 heteroatoms. The van der Waals surface area contributed by atoms with Gasteiger partial charge in [0.2, 0.25) is 0 Å². The van der Waals surface area contributed by atoms with Gasteiger partial charge < -0.3 is 5.32 Å². The van der Waals surface area contributed by atoms with Gasteiger partial charge in [-0.25, -0.2) is 8.78 Å². The number of aryl methyl sites for hydroxylation is 1. The van der Waals surface area contributed by atoms with Crippen LogP contribution in [0.2, 0.25) is 0 Å². The first-order valence-electron chi connectivity index (χ1n) is 6.19. The molecule has 4 nitrogen and oxygen atoms in total. The Hall–Kier alpha value is -1.82. The highest BCUT2D eigenvalue weighted by Gasteiger charge is 2.10. The summed E-state index contributed by atoms with van der Waals surface area (Å²) in [6, 6.07) is 3.49. The minimum atomic E-state index is -0.556. The molecule has 0 bridgehead atoms. The van der Waals surface area contributed by atoms with Crippen molar-refractivity contribution in [2.45, 2.75) is 25.9 Å². The van der Waals surface area contributed by atoms with Crippen molar-refractivity contribution in [3.05, 3.63) is 47.8 Å². The molecule has 0 radical (unpaired) electrons. The molecule has 1 N–H and O–H groups in total. The summed E-state index contributed by atoms with van der Waals surface area (Å²) in [4.78, 5) is 0. The summed E-state index contributed by atoms with van der Waals surface area (Å²) in [5.41, 5.74) is 0.474. The minimum absolute atomic E-state index is 0.156. The normalized spacial score (nSPS) is 12.6. The Morgan fingerprint density at radius 2 is 2.21 bits per heavy atom. The van der Waals surface area contributed by atoms with Crippen LogP contribution in [-0.4, -0.2) is 21.5 Å². The number of nitrogens with zero attached hydrogens (tertiary/aromatic N) is 3. The summed E-state index contributed by atoms with van der Waals surface area (Å²) < 4.78 is 28.1. The lowest BCUT2D eigenvalue weighted by Crippen LogP contribution is -2.22. The number of hydrogen-bond acceptors (Lipinski definition) is 3. The van der Waals surface area contributed by atoms with Gasteiger partial charge in [0.25, 0.3) is 0 Å². The third kappa shape index (κ3) is 3.82. The van der Waals surface area contributed by atoms with Crippen LogP contribution >= 0.6 is 0 Å². The summed E-state index contributed by atoms with van der Waals surface area (Å²) in [6.07, 6.45) is 4.28. The third-order valence-corrected chi connectivity index (χ3v) is 2.92. The Labute approximate surface area is 110 Å². The predicted octanol–water partition coefficient (Wildman–Crippen LogP) is 2.30. The molecular weight excluding hydrogens is 250 g/mol. The topological polar surface area (TPSA) is 42.7 Å². The zero-order chi connectivity index (χ0) is 13.7. The van der Waals surface area contributed by atoms with Crippen molar-refractivity contribution in [2.75, 3.05) is 6.54 Å². The van der Waals surface area contributed by atoms with Crippen molar-refractivity contribution < 1.29 is 8.78 Å². The van der Waals surface area contributed by atoms with Gasteiger partial charge in [0, 0.05) is 30.4 Å². The highest BCUT2D eigenvalue weighted by molar-refractivity contribution is 5.21. The molecule has 0 amide bonds. The lowest BCUT2D eigenvalue weighted by atomic mass is 10.1. The summed E-state index contributed by atoms with van der Waals surface area (Å²) in [5, 5.41) is 10.8. The van der Waals surface area contributed by atoms with E-state index in [9.17, 15) is 8.78 Å². The van der Waals surface area contributed by atoms with Gasteiger partial charge in [-0.1, -0.05) is 11.3 Å². The molecule has 0 aliphatic carbocycles. The first-order valence-corrected chi connectivity index (χ1v) is 6.19. The quantitative estimate of drug-likeness (QED) is 0.816. The van der Waals surface area contributed by atoms with Crippen LogP contribution in [0.5, 0.6) is 0 Å². The fourth-order valence-corrected chi connectivity index (χ4v) is 1.87. The Balaban J connectivity index is 1.79. The predicted molar refractivity (Wildman–Crippen MR) is 67.4 cm³/mol.